The van der Waals surface area contributed by atoms with Gasteiger partial charge in [0.15, 0.2) is 0 Å². The molecule has 0 fully saturated rings. The quantitative estimate of drug-likeness (QED) is 0.544. The maximum absolute atomic E-state index is 9.70. The van der Waals surface area contributed by atoms with E-state index in [2.05, 4.69) is 72.3 Å². The Morgan fingerprint density at radius 3 is 2.34 bits per heavy atom. The number of nitrogens with one attached hydrogen (secondary N) is 2. The zero-order valence-corrected chi connectivity index (χ0v) is 17.7. The first-order valence-corrected chi connectivity index (χ1v) is 9.89. The van der Waals surface area contributed by atoms with Crippen LogP contribution in [-0.2, 0) is 0 Å². The van der Waals surface area contributed by atoms with Crippen molar-refractivity contribution >= 4 is 17.5 Å². The van der Waals surface area contributed by atoms with Crippen LogP contribution in [0.1, 0.15) is 30.5 Å². The Morgan fingerprint density at radius 1 is 1.03 bits per heavy atom. The number of aryl methyl sites for hydroxylation is 3. The molecule has 0 aliphatic carbocycles. The molecule has 1 aromatic carbocycles. The fourth-order valence-corrected chi connectivity index (χ4v) is 3.33. The molecule has 2 aromatic heterocycles. The third kappa shape index (κ3) is 5.09. The number of rotatable bonds is 7. The van der Waals surface area contributed by atoms with Crippen molar-refractivity contribution in [1.29, 1.82) is 0 Å². The van der Waals surface area contributed by atoms with Crippen LogP contribution in [0.4, 0.5) is 17.5 Å². The highest BCUT2D eigenvalue weighted by Gasteiger charge is 2.16. The Labute approximate surface area is 172 Å². The number of anilines is 3. The molecule has 3 aromatic rings. The lowest BCUT2D eigenvalue weighted by atomic mass is 10.1. The molecule has 0 saturated heterocycles. The van der Waals surface area contributed by atoms with Gasteiger partial charge in [-0.15, -0.1) is 0 Å². The number of aliphatic hydroxyl groups excluding tert-OH is 1. The van der Waals surface area contributed by atoms with Gasteiger partial charge in [-0.25, -0.2) is 4.98 Å². The van der Waals surface area contributed by atoms with Crippen molar-refractivity contribution < 1.29 is 5.11 Å². The fourth-order valence-electron chi connectivity index (χ4n) is 3.33. The summed E-state index contributed by atoms with van der Waals surface area (Å²) in [6, 6.07) is 9.95. The second-order valence-electron chi connectivity index (χ2n) is 7.78. The van der Waals surface area contributed by atoms with E-state index in [-0.39, 0.29) is 18.6 Å². The van der Waals surface area contributed by atoms with E-state index in [4.69, 9.17) is 0 Å². The van der Waals surface area contributed by atoms with E-state index in [9.17, 15) is 5.11 Å². The first kappa shape index (κ1) is 20.7. The zero-order chi connectivity index (χ0) is 21.0. The summed E-state index contributed by atoms with van der Waals surface area (Å²) in [5, 5.41) is 16.4. The minimum absolute atomic E-state index is 0.0110. The first-order chi connectivity index (χ1) is 13.9. The van der Waals surface area contributed by atoms with Crippen LogP contribution in [0.15, 0.2) is 42.7 Å². The van der Waals surface area contributed by atoms with Crippen LogP contribution in [0.3, 0.4) is 0 Å². The molecular formula is C23H29N5O. The highest BCUT2D eigenvalue weighted by Crippen LogP contribution is 2.28. The van der Waals surface area contributed by atoms with Crippen LogP contribution >= 0.6 is 0 Å². The predicted molar refractivity (Wildman–Crippen MR) is 119 cm³/mol. The van der Waals surface area contributed by atoms with Crippen LogP contribution in [0.25, 0.3) is 11.3 Å². The second kappa shape index (κ2) is 9.01. The summed E-state index contributed by atoms with van der Waals surface area (Å²) < 4.78 is 0. The van der Waals surface area contributed by atoms with Gasteiger partial charge in [0, 0.05) is 29.7 Å². The van der Waals surface area contributed by atoms with Crippen LogP contribution in [-0.4, -0.2) is 32.7 Å². The van der Waals surface area contributed by atoms with Crippen LogP contribution < -0.4 is 10.6 Å². The molecule has 0 aliphatic heterocycles. The third-order valence-corrected chi connectivity index (χ3v) is 4.93. The number of aliphatic hydroxyl groups is 1. The Morgan fingerprint density at radius 2 is 1.76 bits per heavy atom. The maximum atomic E-state index is 9.70. The summed E-state index contributed by atoms with van der Waals surface area (Å²) in [5.41, 5.74) is 6.27. The van der Waals surface area contributed by atoms with Crippen molar-refractivity contribution in [2.45, 2.75) is 40.7 Å². The van der Waals surface area contributed by atoms with E-state index in [1.807, 2.05) is 18.2 Å². The zero-order valence-electron chi connectivity index (χ0n) is 17.7. The van der Waals surface area contributed by atoms with Gasteiger partial charge in [-0.3, -0.25) is 4.98 Å². The molecule has 2 heterocycles. The molecule has 3 N–H and O–H groups in total. The molecule has 0 bridgehead atoms. The lowest BCUT2D eigenvalue weighted by molar-refractivity contribution is 0.248. The van der Waals surface area contributed by atoms with Gasteiger partial charge in [0.25, 0.3) is 0 Å². The van der Waals surface area contributed by atoms with Gasteiger partial charge in [0.05, 0.1) is 18.3 Å². The molecule has 152 valence electrons. The molecule has 0 amide bonds. The molecule has 29 heavy (non-hydrogen) atoms. The minimum atomic E-state index is -0.130. The molecule has 0 spiro atoms. The van der Waals surface area contributed by atoms with E-state index in [1.165, 1.54) is 5.56 Å². The summed E-state index contributed by atoms with van der Waals surface area (Å²) in [7, 11) is 0. The van der Waals surface area contributed by atoms with Gasteiger partial charge in [-0.1, -0.05) is 31.5 Å². The number of pyridine rings is 1. The lowest BCUT2D eigenvalue weighted by Crippen LogP contribution is -2.30. The standard InChI is InChI=1S/C23H29N5O/c1-14(2)20(13-29)26-23-25-19(18-7-6-8-24-12-18)11-21(28-23)27-22-16(4)9-15(3)10-17(22)5/h6-12,14,20,29H,13H2,1-5H3,(H2,25,26,27,28)/t20-/m1/s1. The van der Waals surface area contributed by atoms with Crippen molar-refractivity contribution in [2.24, 2.45) is 5.92 Å². The predicted octanol–water partition coefficient (Wildman–Crippen LogP) is 4.64. The highest BCUT2D eigenvalue weighted by atomic mass is 16.3. The molecule has 6 nitrogen and oxygen atoms in total. The van der Waals surface area contributed by atoms with Gasteiger partial charge < -0.3 is 15.7 Å². The number of nitrogens with zero attached hydrogens (tertiary/aromatic N) is 3. The van der Waals surface area contributed by atoms with Crippen molar-refractivity contribution in [2.75, 3.05) is 17.2 Å². The van der Waals surface area contributed by atoms with Crippen LogP contribution in [0.5, 0.6) is 0 Å². The Hall–Kier alpha value is -2.99. The summed E-state index contributed by atoms with van der Waals surface area (Å²) in [6.07, 6.45) is 3.52. The number of benzene rings is 1. The van der Waals surface area contributed by atoms with Gasteiger partial charge in [-0.05, 0) is 49.9 Å². The molecule has 0 aliphatic rings. The highest BCUT2D eigenvalue weighted by molar-refractivity contribution is 5.70. The molecule has 0 radical (unpaired) electrons. The molecule has 0 unspecified atom stereocenters. The summed E-state index contributed by atoms with van der Waals surface area (Å²) in [6.45, 7) is 10.4. The van der Waals surface area contributed by atoms with E-state index in [0.717, 1.165) is 28.1 Å². The third-order valence-electron chi connectivity index (χ3n) is 4.93. The van der Waals surface area contributed by atoms with Gasteiger partial charge in [0.1, 0.15) is 5.82 Å². The van der Waals surface area contributed by atoms with Crippen LogP contribution in [0, 0.1) is 26.7 Å². The Bertz CT molecular complexity index is 949. The van der Waals surface area contributed by atoms with E-state index in [0.29, 0.717) is 11.8 Å². The van der Waals surface area contributed by atoms with Gasteiger partial charge in [0.2, 0.25) is 5.95 Å². The normalized spacial score (nSPS) is 12.1. The summed E-state index contributed by atoms with van der Waals surface area (Å²) >= 11 is 0. The average molecular weight is 392 g/mol. The molecule has 1 atom stereocenters. The smallest absolute Gasteiger partial charge is 0.225 e. The fraction of sp³-hybridized carbons (Fsp3) is 0.348. The van der Waals surface area contributed by atoms with Crippen molar-refractivity contribution in [3.8, 4) is 11.3 Å². The van der Waals surface area contributed by atoms with Gasteiger partial charge in [-0.2, -0.15) is 4.98 Å². The van der Waals surface area contributed by atoms with E-state index < -0.39 is 0 Å². The van der Waals surface area contributed by atoms with Crippen molar-refractivity contribution in [1.82, 2.24) is 15.0 Å². The van der Waals surface area contributed by atoms with Crippen molar-refractivity contribution in [3.05, 3.63) is 59.4 Å². The van der Waals surface area contributed by atoms with Crippen LogP contribution in [0.2, 0.25) is 0 Å². The maximum Gasteiger partial charge on any atom is 0.225 e. The van der Waals surface area contributed by atoms with Crippen molar-refractivity contribution in [3.63, 3.8) is 0 Å². The summed E-state index contributed by atoms with van der Waals surface area (Å²) in [4.78, 5) is 13.5. The number of hydrogen-bond acceptors (Lipinski definition) is 6. The lowest BCUT2D eigenvalue weighted by Gasteiger charge is -2.21. The van der Waals surface area contributed by atoms with E-state index in [1.54, 1.807) is 12.4 Å². The molecule has 3 rings (SSSR count). The Balaban J connectivity index is 2.03. The monoisotopic (exact) mass is 391 g/mol. The molecule has 6 heteroatoms. The average Bonchev–Trinajstić information content (AvgIpc) is 2.69. The molecule has 0 saturated carbocycles. The van der Waals surface area contributed by atoms with Gasteiger partial charge >= 0.3 is 0 Å². The second-order valence-corrected chi connectivity index (χ2v) is 7.78. The number of hydrogen-bond donors (Lipinski definition) is 3. The first-order valence-electron chi connectivity index (χ1n) is 9.89. The summed E-state index contributed by atoms with van der Waals surface area (Å²) in [5.74, 6) is 1.41. The minimum Gasteiger partial charge on any atom is -0.394 e. The largest absolute Gasteiger partial charge is 0.394 e. The SMILES string of the molecule is Cc1cc(C)c(Nc2cc(-c3cccnc3)nc(N[C@H](CO)C(C)C)n2)c(C)c1. The van der Waals surface area contributed by atoms with E-state index >= 15 is 0 Å². The molecular weight excluding hydrogens is 362 g/mol. The number of aromatic nitrogens is 3. The topological polar surface area (TPSA) is 83.0 Å². The Kier molecular flexibility index (Phi) is 6.44.